The Hall–Kier alpha value is -1.72. The van der Waals surface area contributed by atoms with Crippen LogP contribution in [0, 0.1) is 0 Å². The molecule has 3 N–H and O–H groups in total. The molecular formula is C14H14BrN3O. The minimum absolute atomic E-state index is 0.273. The Labute approximate surface area is 120 Å². The van der Waals surface area contributed by atoms with E-state index in [1.807, 2.05) is 30.3 Å². The molecule has 19 heavy (non-hydrogen) atoms. The monoisotopic (exact) mass is 319 g/mol. The highest BCUT2D eigenvalue weighted by molar-refractivity contribution is 9.10. The van der Waals surface area contributed by atoms with Gasteiger partial charge in [0.1, 0.15) is 5.54 Å². The predicted octanol–water partition coefficient (Wildman–Crippen LogP) is 2.66. The summed E-state index contributed by atoms with van der Waals surface area (Å²) in [4.78, 5) is 16.3. The van der Waals surface area contributed by atoms with Gasteiger partial charge in [-0.05, 0) is 34.5 Å². The number of carbonyl (C=O) groups is 1. The van der Waals surface area contributed by atoms with Crippen LogP contribution in [0.15, 0.2) is 53.3 Å². The topological polar surface area (TPSA) is 68.0 Å². The number of hydrogen-bond donors (Lipinski definition) is 2. The number of hydrogen-bond acceptors (Lipinski definition) is 3. The van der Waals surface area contributed by atoms with E-state index in [1.54, 1.807) is 25.4 Å². The van der Waals surface area contributed by atoms with Crippen LogP contribution in [0.5, 0.6) is 0 Å². The zero-order valence-corrected chi connectivity index (χ0v) is 12.0. The van der Waals surface area contributed by atoms with E-state index < -0.39 is 5.54 Å². The molecule has 4 nitrogen and oxygen atoms in total. The second-order valence-electron chi connectivity index (χ2n) is 4.38. The van der Waals surface area contributed by atoms with Gasteiger partial charge in [-0.1, -0.05) is 30.3 Å². The normalized spacial score (nSPS) is 13.6. The maximum Gasteiger partial charge on any atom is 0.248 e. The predicted molar refractivity (Wildman–Crippen MR) is 78.5 cm³/mol. The minimum Gasteiger partial charge on any atom is -0.323 e. The van der Waals surface area contributed by atoms with Gasteiger partial charge in [-0.3, -0.25) is 9.78 Å². The van der Waals surface area contributed by atoms with Crippen LogP contribution in [-0.2, 0) is 10.3 Å². The van der Waals surface area contributed by atoms with Crippen LogP contribution < -0.4 is 11.1 Å². The largest absolute Gasteiger partial charge is 0.323 e. The van der Waals surface area contributed by atoms with Crippen molar-refractivity contribution in [3.63, 3.8) is 0 Å². The summed E-state index contributed by atoms with van der Waals surface area (Å²) in [6, 6.07) is 11.0. The Bertz CT molecular complexity index is 584. The zero-order valence-electron chi connectivity index (χ0n) is 10.4. The quantitative estimate of drug-likeness (QED) is 0.913. The van der Waals surface area contributed by atoms with Crippen LogP contribution in [0.4, 0.5) is 5.69 Å². The van der Waals surface area contributed by atoms with Gasteiger partial charge in [-0.25, -0.2) is 0 Å². The highest BCUT2D eigenvalue weighted by Crippen LogP contribution is 2.24. The molecule has 2 aromatic rings. The Balaban J connectivity index is 2.23. The Kier molecular flexibility index (Phi) is 3.97. The number of amides is 1. The number of nitrogens with zero attached hydrogens (tertiary/aromatic N) is 1. The number of halogens is 1. The molecule has 0 aliphatic heterocycles. The Morgan fingerprint density at radius 2 is 2.00 bits per heavy atom. The van der Waals surface area contributed by atoms with Crippen LogP contribution >= 0.6 is 15.9 Å². The van der Waals surface area contributed by atoms with E-state index in [4.69, 9.17) is 5.73 Å². The molecule has 1 unspecified atom stereocenters. The summed E-state index contributed by atoms with van der Waals surface area (Å²) in [7, 11) is 0. The summed E-state index contributed by atoms with van der Waals surface area (Å²) >= 11 is 3.33. The molecular weight excluding hydrogens is 306 g/mol. The smallest absolute Gasteiger partial charge is 0.248 e. The van der Waals surface area contributed by atoms with Crippen LogP contribution in [0.1, 0.15) is 12.5 Å². The number of nitrogens with one attached hydrogen (secondary N) is 1. The summed E-state index contributed by atoms with van der Waals surface area (Å²) in [6.45, 7) is 1.69. The van der Waals surface area contributed by atoms with Crippen molar-refractivity contribution in [3.05, 3.63) is 58.8 Å². The first kappa shape index (κ1) is 13.7. The van der Waals surface area contributed by atoms with E-state index in [-0.39, 0.29) is 5.91 Å². The third-order valence-electron chi connectivity index (χ3n) is 2.87. The molecule has 0 aliphatic carbocycles. The maximum atomic E-state index is 12.3. The van der Waals surface area contributed by atoms with Crippen molar-refractivity contribution in [2.75, 3.05) is 5.32 Å². The van der Waals surface area contributed by atoms with Crippen molar-refractivity contribution >= 4 is 27.5 Å². The first-order chi connectivity index (χ1) is 9.01. The summed E-state index contributed by atoms with van der Waals surface area (Å²) < 4.78 is 0.715. The minimum atomic E-state index is -1.09. The number of anilines is 1. The van der Waals surface area contributed by atoms with Crippen molar-refractivity contribution < 1.29 is 4.79 Å². The lowest BCUT2D eigenvalue weighted by Gasteiger charge is -2.24. The van der Waals surface area contributed by atoms with E-state index in [2.05, 4.69) is 26.2 Å². The number of pyridine rings is 1. The first-order valence-electron chi connectivity index (χ1n) is 5.77. The number of rotatable bonds is 3. The maximum absolute atomic E-state index is 12.3. The fraction of sp³-hybridized carbons (Fsp3) is 0.143. The number of nitrogens with two attached hydrogens (primary N) is 1. The summed E-state index contributed by atoms with van der Waals surface area (Å²) in [6.07, 6.45) is 3.22. The molecule has 0 saturated heterocycles. The van der Waals surface area contributed by atoms with E-state index in [1.165, 1.54) is 0 Å². The average Bonchev–Trinajstić information content (AvgIpc) is 2.42. The van der Waals surface area contributed by atoms with Crippen molar-refractivity contribution in [2.45, 2.75) is 12.5 Å². The molecule has 1 heterocycles. The molecule has 1 aromatic carbocycles. The highest BCUT2D eigenvalue weighted by Gasteiger charge is 2.30. The first-order valence-corrected chi connectivity index (χ1v) is 6.56. The summed E-state index contributed by atoms with van der Waals surface area (Å²) in [5, 5.41) is 2.80. The van der Waals surface area contributed by atoms with Crippen molar-refractivity contribution in [3.8, 4) is 0 Å². The molecule has 5 heteroatoms. The fourth-order valence-electron chi connectivity index (χ4n) is 1.64. The fourth-order valence-corrected chi connectivity index (χ4v) is 1.99. The Morgan fingerprint density at radius 3 is 2.63 bits per heavy atom. The number of aromatic nitrogens is 1. The van der Waals surface area contributed by atoms with E-state index in [0.717, 1.165) is 5.56 Å². The van der Waals surface area contributed by atoms with Gasteiger partial charge in [0, 0.05) is 12.4 Å². The zero-order chi connectivity index (χ0) is 13.9. The third-order valence-corrected chi connectivity index (χ3v) is 3.50. The van der Waals surface area contributed by atoms with Crippen LogP contribution in [0.2, 0.25) is 0 Å². The molecule has 0 radical (unpaired) electrons. The lowest BCUT2D eigenvalue weighted by molar-refractivity contribution is -0.120. The highest BCUT2D eigenvalue weighted by atomic mass is 79.9. The van der Waals surface area contributed by atoms with Crippen LogP contribution in [-0.4, -0.2) is 10.9 Å². The number of carbonyl (C=O) groups excluding carboxylic acids is 1. The second-order valence-corrected chi connectivity index (χ2v) is 5.23. The van der Waals surface area contributed by atoms with Gasteiger partial charge in [0.2, 0.25) is 5.91 Å². The SMILES string of the molecule is CC(N)(C(=O)Nc1ccncc1Br)c1ccccc1. The van der Waals surface area contributed by atoms with Crippen LogP contribution in [0.25, 0.3) is 0 Å². The molecule has 0 spiro atoms. The molecule has 0 bridgehead atoms. The molecule has 1 amide bonds. The van der Waals surface area contributed by atoms with Crippen molar-refractivity contribution in [1.82, 2.24) is 4.98 Å². The summed E-state index contributed by atoms with van der Waals surface area (Å²) in [5.41, 5.74) is 6.45. The van der Waals surface area contributed by atoms with Crippen LogP contribution in [0.3, 0.4) is 0 Å². The van der Waals surface area contributed by atoms with Gasteiger partial charge in [0.25, 0.3) is 0 Å². The Morgan fingerprint density at radius 1 is 1.32 bits per heavy atom. The van der Waals surface area contributed by atoms with Gasteiger partial charge >= 0.3 is 0 Å². The van der Waals surface area contributed by atoms with Gasteiger partial charge < -0.3 is 11.1 Å². The van der Waals surface area contributed by atoms with E-state index in [0.29, 0.717) is 10.2 Å². The molecule has 0 aliphatic rings. The molecule has 98 valence electrons. The molecule has 0 saturated carbocycles. The third kappa shape index (κ3) is 3.00. The molecule has 2 rings (SSSR count). The van der Waals surface area contributed by atoms with Crippen molar-refractivity contribution in [2.24, 2.45) is 5.73 Å². The molecule has 1 atom stereocenters. The summed E-state index contributed by atoms with van der Waals surface area (Å²) in [5.74, 6) is -0.273. The van der Waals surface area contributed by atoms with E-state index in [9.17, 15) is 4.79 Å². The van der Waals surface area contributed by atoms with Gasteiger partial charge in [-0.15, -0.1) is 0 Å². The van der Waals surface area contributed by atoms with Gasteiger partial charge in [-0.2, -0.15) is 0 Å². The van der Waals surface area contributed by atoms with Gasteiger partial charge in [0.15, 0.2) is 0 Å². The van der Waals surface area contributed by atoms with Gasteiger partial charge in [0.05, 0.1) is 10.2 Å². The van der Waals surface area contributed by atoms with Crippen molar-refractivity contribution in [1.29, 1.82) is 0 Å². The lowest BCUT2D eigenvalue weighted by atomic mass is 9.92. The molecule has 0 fully saturated rings. The number of benzene rings is 1. The molecule has 1 aromatic heterocycles. The lowest BCUT2D eigenvalue weighted by Crippen LogP contribution is -2.45. The average molecular weight is 320 g/mol. The standard InChI is InChI=1S/C14H14BrN3O/c1-14(16,10-5-3-2-4-6-10)13(19)18-12-7-8-17-9-11(12)15/h2-9H,16H2,1H3,(H,17,18,19). The van der Waals surface area contributed by atoms with E-state index >= 15 is 0 Å². The second kappa shape index (κ2) is 5.50.